The van der Waals surface area contributed by atoms with Gasteiger partial charge in [0.2, 0.25) is 21.8 Å². The first-order valence-electron chi connectivity index (χ1n) is 13.7. The molecule has 13 nitrogen and oxygen atoms in total. The van der Waals surface area contributed by atoms with Crippen LogP contribution in [-0.4, -0.2) is 85.7 Å². The van der Waals surface area contributed by atoms with Gasteiger partial charge in [-0.05, 0) is 55.3 Å². The third kappa shape index (κ3) is 8.81. The van der Waals surface area contributed by atoms with Crippen molar-refractivity contribution in [2.24, 2.45) is 0 Å². The third-order valence-corrected chi connectivity index (χ3v) is 8.55. The number of nitrogens with one attached hydrogen (secondary N) is 4. The summed E-state index contributed by atoms with van der Waals surface area (Å²) in [4.78, 5) is 42.6. The van der Waals surface area contributed by atoms with E-state index in [2.05, 4.69) is 26.3 Å². The Morgan fingerprint density at radius 1 is 1.02 bits per heavy atom. The summed E-state index contributed by atoms with van der Waals surface area (Å²) in [5, 5.41) is 20.1. The number of nitrogens with zero attached hydrogens (tertiary/aromatic N) is 2. The fourth-order valence-corrected chi connectivity index (χ4v) is 6.22. The van der Waals surface area contributed by atoms with Gasteiger partial charge in [0.1, 0.15) is 18.7 Å². The van der Waals surface area contributed by atoms with E-state index in [1.807, 2.05) is 6.07 Å². The molecule has 3 amide bonds. The highest BCUT2D eigenvalue weighted by molar-refractivity contribution is 7.89. The van der Waals surface area contributed by atoms with Crippen LogP contribution in [0.3, 0.4) is 0 Å². The summed E-state index contributed by atoms with van der Waals surface area (Å²) in [5.41, 5.74) is 0.984. The predicted molar refractivity (Wildman–Crippen MR) is 158 cm³/mol. The fourth-order valence-electron chi connectivity index (χ4n) is 4.55. The Balaban J connectivity index is 1.29. The summed E-state index contributed by atoms with van der Waals surface area (Å²) in [7, 11) is -3.88. The zero-order chi connectivity index (χ0) is 30.7. The Bertz CT molecular complexity index is 1490. The van der Waals surface area contributed by atoms with E-state index >= 15 is 0 Å². The molecule has 0 radical (unpaired) electrons. The topological polar surface area (TPSA) is 179 Å². The van der Waals surface area contributed by atoms with Crippen LogP contribution in [0.5, 0.6) is 0 Å². The number of pyridine rings is 1. The van der Waals surface area contributed by atoms with Crippen LogP contribution in [0.4, 0.5) is 11.5 Å². The number of carbonyl (C=O) groups excluding carboxylic acids is 3. The molecule has 1 saturated heterocycles. The van der Waals surface area contributed by atoms with Crippen LogP contribution < -0.4 is 21.3 Å². The van der Waals surface area contributed by atoms with Crippen molar-refractivity contribution >= 4 is 39.3 Å². The molecule has 3 aromatic rings. The summed E-state index contributed by atoms with van der Waals surface area (Å²) >= 11 is 0. The van der Waals surface area contributed by atoms with Crippen LogP contribution in [0.15, 0.2) is 83.9 Å². The molecule has 1 fully saturated rings. The van der Waals surface area contributed by atoms with E-state index in [1.165, 1.54) is 16.4 Å². The normalized spacial score (nSPS) is 15.8. The van der Waals surface area contributed by atoms with Crippen molar-refractivity contribution in [2.75, 3.05) is 38.4 Å². The summed E-state index contributed by atoms with van der Waals surface area (Å²) in [6.07, 6.45) is 2.49. The summed E-state index contributed by atoms with van der Waals surface area (Å²) in [6.45, 7) is -0.955. The van der Waals surface area contributed by atoms with Gasteiger partial charge in [-0.1, -0.05) is 30.3 Å². The van der Waals surface area contributed by atoms with Gasteiger partial charge in [-0.2, -0.15) is 4.31 Å². The molecule has 1 aliphatic rings. The molecular weight excluding hydrogens is 576 g/mol. The minimum atomic E-state index is -3.88. The van der Waals surface area contributed by atoms with Gasteiger partial charge in [-0.15, -0.1) is 0 Å². The number of aliphatic hydroxyl groups is 1. The molecule has 0 unspecified atom stereocenters. The maximum absolute atomic E-state index is 13.2. The predicted octanol–water partition coefficient (Wildman–Crippen LogP) is 0.976. The molecule has 43 heavy (non-hydrogen) atoms. The number of rotatable bonds is 14. The molecule has 2 atom stereocenters. The van der Waals surface area contributed by atoms with Crippen LogP contribution in [-0.2, 0) is 24.3 Å². The Morgan fingerprint density at radius 3 is 2.56 bits per heavy atom. The second-order valence-corrected chi connectivity index (χ2v) is 11.6. The molecule has 2 aromatic carbocycles. The number of ether oxygens (including phenoxy) is 1. The third-order valence-electron chi connectivity index (χ3n) is 6.63. The smallest absolute Gasteiger partial charge is 0.251 e. The lowest BCUT2D eigenvalue weighted by Gasteiger charge is -2.26. The van der Waals surface area contributed by atoms with Crippen molar-refractivity contribution < 1.29 is 32.6 Å². The average molecular weight is 611 g/mol. The molecule has 0 aliphatic carbocycles. The number of anilines is 2. The summed E-state index contributed by atoms with van der Waals surface area (Å²) in [5.74, 6) is -0.905. The van der Waals surface area contributed by atoms with E-state index in [0.29, 0.717) is 29.9 Å². The minimum absolute atomic E-state index is 0.0813. The van der Waals surface area contributed by atoms with Gasteiger partial charge in [0.05, 0.1) is 24.1 Å². The fraction of sp³-hybridized carbons (Fsp3) is 0.310. The molecule has 1 aromatic heterocycles. The quantitative estimate of drug-likeness (QED) is 0.166. The molecule has 5 N–H and O–H groups in total. The van der Waals surface area contributed by atoms with Gasteiger partial charge >= 0.3 is 0 Å². The zero-order valence-electron chi connectivity index (χ0n) is 23.3. The van der Waals surface area contributed by atoms with E-state index in [4.69, 9.17) is 9.84 Å². The number of carbonyl (C=O) groups is 3. The molecule has 0 spiro atoms. The number of aromatic nitrogens is 1. The highest BCUT2D eigenvalue weighted by Crippen LogP contribution is 2.26. The molecular formula is C29H34N6O7S. The number of benzene rings is 2. The first kappa shape index (κ1) is 31.6. The lowest BCUT2D eigenvalue weighted by Crippen LogP contribution is -2.53. The van der Waals surface area contributed by atoms with E-state index in [-0.39, 0.29) is 31.1 Å². The standard InChI is InChI=1S/C29H34N6O7S/c36-20-42-19-23(34-29(39)25-12-7-15-35(25)43(40,41)24-10-2-1-3-11-24)17-31-27(37)18-32-28(38)21-8-6-9-22(16-21)33-26-13-4-5-14-30-26/h1-6,8-11,13-14,16,23,25,36H,7,12,15,17-20H2,(H,30,33)(H,31,37)(H,32,38)(H,34,39)/t23-,25-/m0/s1. The average Bonchev–Trinajstić information content (AvgIpc) is 3.54. The van der Waals surface area contributed by atoms with Crippen LogP contribution >= 0.6 is 0 Å². The second-order valence-electron chi connectivity index (χ2n) is 9.70. The molecule has 2 heterocycles. The SMILES string of the molecule is O=C(CNC(=O)c1cccc(Nc2ccccn2)c1)NC[C@@H](COCO)NC(=O)[C@@H]1CCCN1S(=O)(=O)c1ccccc1. The van der Waals surface area contributed by atoms with Crippen LogP contribution in [0, 0.1) is 0 Å². The Morgan fingerprint density at radius 2 is 1.81 bits per heavy atom. The van der Waals surface area contributed by atoms with E-state index in [9.17, 15) is 22.8 Å². The van der Waals surface area contributed by atoms with Gasteiger partial charge < -0.3 is 31.1 Å². The van der Waals surface area contributed by atoms with E-state index in [0.717, 1.165) is 0 Å². The van der Waals surface area contributed by atoms with Crippen molar-refractivity contribution in [1.29, 1.82) is 0 Å². The molecule has 14 heteroatoms. The Hall–Kier alpha value is -4.37. The Kier molecular flexibility index (Phi) is 11.2. The number of amides is 3. The highest BCUT2D eigenvalue weighted by Gasteiger charge is 2.39. The van der Waals surface area contributed by atoms with E-state index in [1.54, 1.807) is 60.8 Å². The van der Waals surface area contributed by atoms with E-state index < -0.39 is 46.6 Å². The molecule has 4 rings (SSSR count). The van der Waals surface area contributed by atoms with Gasteiger partial charge in [-0.25, -0.2) is 13.4 Å². The number of aliphatic hydroxyl groups excluding tert-OH is 1. The number of sulfonamides is 1. The second kappa shape index (κ2) is 15.2. The maximum Gasteiger partial charge on any atom is 0.251 e. The molecule has 228 valence electrons. The molecule has 0 saturated carbocycles. The van der Waals surface area contributed by atoms with Crippen molar-refractivity contribution in [3.8, 4) is 0 Å². The largest absolute Gasteiger partial charge is 0.371 e. The van der Waals surface area contributed by atoms with Crippen molar-refractivity contribution in [3.05, 3.63) is 84.6 Å². The monoisotopic (exact) mass is 610 g/mol. The van der Waals surface area contributed by atoms with Gasteiger partial charge in [0, 0.05) is 30.5 Å². The van der Waals surface area contributed by atoms with Crippen molar-refractivity contribution in [1.82, 2.24) is 25.2 Å². The zero-order valence-corrected chi connectivity index (χ0v) is 24.1. The minimum Gasteiger partial charge on any atom is -0.371 e. The van der Waals surface area contributed by atoms with Crippen LogP contribution in [0.25, 0.3) is 0 Å². The van der Waals surface area contributed by atoms with Gasteiger partial charge in [0.25, 0.3) is 5.91 Å². The van der Waals surface area contributed by atoms with Gasteiger partial charge in [-0.3, -0.25) is 14.4 Å². The first-order chi connectivity index (χ1) is 20.8. The van der Waals surface area contributed by atoms with Crippen molar-refractivity contribution in [3.63, 3.8) is 0 Å². The van der Waals surface area contributed by atoms with Gasteiger partial charge in [0.15, 0.2) is 0 Å². The number of hydrogen-bond donors (Lipinski definition) is 5. The number of hydrogen-bond acceptors (Lipinski definition) is 9. The van der Waals surface area contributed by atoms with Crippen LogP contribution in [0.2, 0.25) is 0 Å². The Labute approximate surface area is 249 Å². The summed E-state index contributed by atoms with van der Waals surface area (Å²) in [6, 6.07) is 18.3. The maximum atomic E-state index is 13.2. The molecule has 0 bridgehead atoms. The van der Waals surface area contributed by atoms with Crippen molar-refractivity contribution in [2.45, 2.75) is 29.8 Å². The lowest BCUT2D eigenvalue weighted by molar-refractivity contribution is -0.126. The summed E-state index contributed by atoms with van der Waals surface area (Å²) < 4.78 is 32.5. The first-order valence-corrected chi connectivity index (χ1v) is 15.1. The molecule has 1 aliphatic heterocycles. The van der Waals surface area contributed by atoms with Crippen LogP contribution in [0.1, 0.15) is 23.2 Å². The highest BCUT2D eigenvalue weighted by atomic mass is 32.2. The lowest BCUT2D eigenvalue weighted by atomic mass is 10.2.